The quantitative estimate of drug-likeness (QED) is 0.367. The highest BCUT2D eigenvalue weighted by molar-refractivity contribution is 6.64. The Bertz CT molecular complexity index is 1200. The van der Waals surface area contributed by atoms with E-state index in [1.807, 2.05) is 27.7 Å². The first-order valence-corrected chi connectivity index (χ1v) is 11.1. The number of ether oxygens (including phenoxy) is 2. The smallest absolute Gasteiger partial charge is 0.488 e. The molecule has 0 atom stereocenters. The van der Waals surface area contributed by atoms with Gasteiger partial charge in [-0.05, 0) is 65.0 Å². The fourth-order valence-electron chi connectivity index (χ4n) is 3.80. The Kier molecular flexibility index (Phi) is 6.44. The van der Waals surface area contributed by atoms with Crippen molar-refractivity contribution in [3.8, 4) is 5.75 Å². The Morgan fingerprint density at radius 2 is 1.74 bits per heavy atom. The van der Waals surface area contributed by atoms with Crippen LogP contribution in [0, 0.1) is 11.6 Å². The van der Waals surface area contributed by atoms with Crippen molar-refractivity contribution in [2.75, 3.05) is 6.61 Å². The van der Waals surface area contributed by atoms with E-state index in [0.29, 0.717) is 16.6 Å². The molecule has 0 radical (unpaired) electrons. The van der Waals surface area contributed by atoms with Crippen molar-refractivity contribution in [2.24, 2.45) is 0 Å². The number of rotatable bonds is 7. The standard InChI is InChI=1S/C25H27BF2O6/c1-6-30-21(29)13-15-11-17(27)7-8-20(15)32-14-16-12-19(23-18(22(16)28)9-10-31-23)26-33-24(2,3)25(4,5)34-26/h7-12H,6,13-14H2,1-5H3. The molecule has 0 saturated carbocycles. The average Bonchev–Trinajstić information content (AvgIpc) is 3.31. The number of benzene rings is 2. The number of carbonyl (C=O) groups excluding carboxylic acids is 1. The van der Waals surface area contributed by atoms with Crippen LogP contribution in [-0.4, -0.2) is 30.9 Å². The van der Waals surface area contributed by atoms with Crippen molar-refractivity contribution in [3.05, 3.63) is 59.4 Å². The molecule has 0 bridgehead atoms. The second-order valence-electron chi connectivity index (χ2n) is 9.21. The number of esters is 1. The molecule has 1 saturated heterocycles. The van der Waals surface area contributed by atoms with E-state index >= 15 is 4.39 Å². The summed E-state index contributed by atoms with van der Waals surface area (Å²) in [5.74, 6) is -1.26. The second-order valence-corrected chi connectivity index (χ2v) is 9.21. The van der Waals surface area contributed by atoms with E-state index in [4.69, 9.17) is 23.2 Å². The summed E-state index contributed by atoms with van der Waals surface area (Å²) in [5, 5.41) is 0.275. The SMILES string of the molecule is CCOC(=O)Cc1cc(F)ccc1OCc1cc(B2OC(C)(C)C(C)(C)O2)c2occc2c1F. The van der Waals surface area contributed by atoms with E-state index in [0.717, 1.165) is 0 Å². The first-order valence-electron chi connectivity index (χ1n) is 11.1. The van der Waals surface area contributed by atoms with Gasteiger partial charge in [0.2, 0.25) is 0 Å². The summed E-state index contributed by atoms with van der Waals surface area (Å²) in [6, 6.07) is 6.96. The van der Waals surface area contributed by atoms with Gasteiger partial charge in [-0.1, -0.05) is 0 Å². The van der Waals surface area contributed by atoms with E-state index in [-0.39, 0.29) is 36.3 Å². The molecular weight excluding hydrogens is 445 g/mol. The lowest BCUT2D eigenvalue weighted by Crippen LogP contribution is -2.41. The third kappa shape index (κ3) is 4.54. The second kappa shape index (κ2) is 9.04. The van der Waals surface area contributed by atoms with Gasteiger partial charge in [-0.3, -0.25) is 4.79 Å². The molecule has 0 N–H and O–H groups in total. The third-order valence-electron chi connectivity index (χ3n) is 6.33. The number of hydrogen-bond donors (Lipinski definition) is 0. The summed E-state index contributed by atoms with van der Waals surface area (Å²) >= 11 is 0. The highest BCUT2D eigenvalue weighted by Crippen LogP contribution is 2.37. The van der Waals surface area contributed by atoms with Gasteiger partial charge in [0.25, 0.3) is 0 Å². The van der Waals surface area contributed by atoms with Crippen molar-refractivity contribution >= 4 is 29.5 Å². The van der Waals surface area contributed by atoms with Gasteiger partial charge in [0.1, 0.15) is 29.6 Å². The first kappa shape index (κ1) is 24.2. The molecule has 0 amide bonds. The maximum absolute atomic E-state index is 15.3. The van der Waals surface area contributed by atoms with Crippen LogP contribution in [0.25, 0.3) is 11.0 Å². The van der Waals surface area contributed by atoms with Crippen LogP contribution in [0.2, 0.25) is 0 Å². The van der Waals surface area contributed by atoms with Crippen LogP contribution in [0.5, 0.6) is 5.75 Å². The molecule has 3 aromatic rings. The number of furan rings is 1. The summed E-state index contributed by atoms with van der Waals surface area (Å²) in [4.78, 5) is 11.9. The molecule has 1 aromatic heterocycles. The number of carbonyl (C=O) groups is 1. The van der Waals surface area contributed by atoms with Gasteiger partial charge < -0.3 is 23.2 Å². The van der Waals surface area contributed by atoms with Crippen molar-refractivity contribution in [3.63, 3.8) is 0 Å². The lowest BCUT2D eigenvalue weighted by Gasteiger charge is -2.32. The zero-order chi connectivity index (χ0) is 24.7. The monoisotopic (exact) mass is 472 g/mol. The molecule has 1 aliphatic heterocycles. The van der Waals surface area contributed by atoms with Crippen molar-refractivity contribution in [1.82, 2.24) is 0 Å². The Morgan fingerprint density at radius 3 is 2.41 bits per heavy atom. The summed E-state index contributed by atoms with van der Waals surface area (Å²) in [6.45, 7) is 9.45. The minimum Gasteiger partial charge on any atom is -0.488 e. The van der Waals surface area contributed by atoms with Gasteiger partial charge in [-0.25, -0.2) is 8.78 Å². The van der Waals surface area contributed by atoms with Gasteiger partial charge in [0, 0.05) is 16.6 Å². The predicted molar refractivity (Wildman–Crippen MR) is 123 cm³/mol. The van der Waals surface area contributed by atoms with Crippen LogP contribution in [0.15, 0.2) is 41.0 Å². The molecule has 6 nitrogen and oxygen atoms in total. The summed E-state index contributed by atoms with van der Waals surface area (Å²) in [7, 11) is -0.761. The maximum atomic E-state index is 15.3. The molecule has 0 spiro atoms. The van der Waals surface area contributed by atoms with Crippen molar-refractivity contribution in [1.29, 1.82) is 0 Å². The maximum Gasteiger partial charge on any atom is 0.498 e. The normalized spacial score (nSPS) is 16.7. The molecule has 9 heteroatoms. The number of hydrogen-bond acceptors (Lipinski definition) is 6. The molecule has 1 aliphatic rings. The van der Waals surface area contributed by atoms with Crippen molar-refractivity contribution < 1.29 is 36.8 Å². The summed E-state index contributed by atoms with van der Waals surface area (Å²) < 4.78 is 57.7. The van der Waals surface area contributed by atoms with Gasteiger partial charge in [-0.2, -0.15) is 0 Å². The largest absolute Gasteiger partial charge is 0.498 e. The van der Waals surface area contributed by atoms with Gasteiger partial charge in [0.05, 0.1) is 35.9 Å². The average molecular weight is 472 g/mol. The molecule has 180 valence electrons. The Hall–Kier alpha value is -2.91. The lowest BCUT2D eigenvalue weighted by atomic mass is 9.77. The van der Waals surface area contributed by atoms with Crippen LogP contribution in [0.3, 0.4) is 0 Å². The minimum absolute atomic E-state index is 0.163. The third-order valence-corrected chi connectivity index (χ3v) is 6.33. The Labute approximate surface area is 197 Å². The summed E-state index contributed by atoms with van der Waals surface area (Å²) in [6.07, 6.45) is 1.24. The molecule has 0 unspecified atom stereocenters. The Morgan fingerprint density at radius 1 is 1.03 bits per heavy atom. The van der Waals surface area contributed by atoms with Crippen LogP contribution >= 0.6 is 0 Å². The fourth-order valence-corrected chi connectivity index (χ4v) is 3.80. The van der Waals surface area contributed by atoms with E-state index in [1.54, 1.807) is 13.0 Å². The van der Waals surface area contributed by atoms with Gasteiger partial charge in [-0.15, -0.1) is 0 Å². The van der Waals surface area contributed by atoms with Crippen LogP contribution in [0.1, 0.15) is 45.7 Å². The van der Waals surface area contributed by atoms with Crippen LogP contribution in [-0.2, 0) is 31.9 Å². The number of halogens is 2. The zero-order valence-electron chi connectivity index (χ0n) is 19.9. The molecule has 1 fully saturated rings. The Balaban J connectivity index is 1.64. The minimum atomic E-state index is -0.761. The van der Waals surface area contributed by atoms with Gasteiger partial charge in [0.15, 0.2) is 0 Å². The molecule has 4 rings (SSSR count). The number of fused-ring (bicyclic) bond motifs is 1. The molecule has 2 heterocycles. The molecule has 34 heavy (non-hydrogen) atoms. The van der Waals surface area contributed by atoms with Crippen LogP contribution < -0.4 is 10.2 Å². The van der Waals surface area contributed by atoms with Crippen LogP contribution in [0.4, 0.5) is 8.78 Å². The molecule has 2 aromatic carbocycles. The fraction of sp³-hybridized carbons (Fsp3) is 0.400. The predicted octanol–water partition coefficient (Wildman–Crippen LogP) is 4.69. The molecular formula is C25H27BF2O6. The van der Waals surface area contributed by atoms with E-state index in [1.165, 1.54) is 30.5 Å². The van der Waals surface area contributed by atoms with E-state index in [2.05, 4.69) is 0 Å². The van der Waals surface area contributed by atoms with Crippen molar-refractivity contribution in [2.45, 2.75) is 58.8 Å². The lowest BCUT2D eigenvalue weighted by molar-refractivity contribution is -0.142. The summed E-state index contributed by atoms with van der Waals surface area (Å²) in [5.41, 5.74) is 0.267. The van der Waals surface area contributed by atoms with E-state index in [9.17, 15) is 9.18 Å². The van der Waals surface area contributed by atoms with E-state index < -0.39 is 35.9 Å². The van der Waals surface area contributed by atoms with Gasteiger partial charge >= 0.3 is 13.1 Å². The topological polar surface area (TPSA) is 67.1 Å². The highest BCUT2D eigenvalue weighted by Gasteiger charge is 2.52. The first-order chi connectivity index (χ1) is 16.0. The highest BCUT2D eigenvalue weighted by atomic mass is 19.1. The molecule has 0 aliphatic carbocycles. The zero-order valence-corrected chi connectivity index (χ0v) is 19.9.